The molecule has 0 atom stereocenters. The van der Waals surface area contributed by atoms with Gasteiger partial charge in [-0.3, -0.25) is 4.57 Å². The van der Waals surface area contributed by atoms with Gasteiger partial charge < -0.3 is 4.42 Å². The first-order valence-electron chi connectivity index (χ1n) is 21.3. The summed E-state index contributed by atoms with van der Waals surface area (Å²) in [5.74, 6) is 1.73. The van der Waals surface area contributed by atoms with Crippen molar-refractivity contribution in [1.82, 2.24) is 19.5 Å². The molecular weight excluding hydrogens is 785 g/mol. The van der Waals surface area contributed by atoms with Crippen molar-refractivity contribution < 1.29 is 4.42 Å². The van der Waals surface area contributed by atoms with Gasteiger partial charge in [-0.05, 0) is 56.1 Å². The zero-order valence-electron chi connectivity index (χ0n) is 34.1. The highest BCUT2D eigenvalue weighted by molar-refractivity contribution is 7.19. The number of para-hydroxylation sites is 3. The lowest BCUT2D eigenvalue weighted by Crippen LogP contribution is -2.74. The fourth-order valence-electron chi connectivity index (χ4n) is 9.72. The third-order valence-corrected chi connectivity index (χ3v) is 17.2. The lowest BCUT2D eigenvalue weighted by molar-refractivity contribution is 0.669. The summed E-state index contributed by atoms with van der Waals surface area (Å²) in [6.07, 6.45) is 0. The van der Waals surface area contributed by atoms with Crippen LogP contribution in [0.1, 0.15) is 0 Å². The molecule has 3 aromatic heterocycles. The summed E-state index contributed by atoms with van der Waals surface area (Å²) < 4.78 is 8.57. The molecule has 6 heteroatoms. The maximum atomic E-state index is 6.38. The fraction of sp³-hybridized carbons (Fsp3) is 0. The standard InChI is InChI=1S/C57H38N4OSi/c1-4-21-40(22-5-1)63(41-23-6-2-7-24-41,42-25-8-3-9-26-42)43-27-18-20-39(38-43)55-58-56(60-57(59-55)61-50-34-15-12-29-45(50)46-30-13-16-35-51(46)61)48-31-11-10-28-44(48)47-33-19-37-53-54(47)49-32-14-17-36-52(49)62-53/h1-38H. The first-order valence-corrected chi connectivity index (χ1v) is 23.3. The molecule has 0 N–H and O–H groups in total. The van der Waals surface area contributed by atoms with Gasteiger partial charge >= 0.3 is 0 Å². The zero-order chi connectivity index (χ0) is 41.7. The van der Waals surface area contributed by atoms with Crippen molar-refractivity contribution in [3.63, 3.8) is 0 Å². The van der Waals surface area contributed by atoms with Crippen LogP contribution >= 0.6 is 0 Å². The Kier molecular flexibility index (Phi) is 8.76. The molecule has 0 spiro atoms. The van der Waals surface area contributed by atoms with Gasteiger partial charge in [0.2, 0.25) is 5.95 Å². The van der Waals surface area contributed by atoms with Crippen molar-refractivity contribution in [3.05, 3.63) is 231 Å². The number of hydrogen-bond acceptors (Lipinski definition) is 4. The van der Waals surface area contributed by atoms with Crippen molar-refractivity contribution >= 4 is 72.6 Å². The maximum Gasteiger partial charge on any atom is 0.238 e. The van der Waals surface area contributed by atoms with E-state index in [2.05, 4.69) is 217 Å². The molecule has 3 heterocycles. The first kappa shape index (κ1) is 36.6. The number of aromatic nitrogens is 4. The summed E-state index contributed by atoms with van der Waals surface area (Å²) in [6, 6.07) is 81.9. The second-order valence-corrected chi connectivity index (χ2v) is 19.7. The van der Waals surface area contributed by atoms with Crippen molar-refractivity contribution in [2.45, 2.75) is 0 Å². The molecule has 296 valence electrons. The van der Waals surface area contributed by atoms with Crippen LogP contribution in [0.2, 0.25) is 0 Å². The molecule has 0 saturated carbocycles. The average molecular weight is 823 g/mol. The highest BCUT2D eigenvalue weighted by atomic mass is 28.3. The van der Waals surface area contributed by atoms with Crippen LogP contribution in [-0.4, -0.2) is 27.6 Å². The monoisotopic (exact) mass is 822 g/mol. The average Bonchev–Trinajstić information content (AvgIpc) is 3.92. The number of furan rings is 1. The topological polar surface area (TPSA) is 56.7 Å². The second-order valence-electron chi connectivity index (χ2n) is 15.9. The number of hydrogen-bond donors (Lipinski definition) is 0. The largest absolute Gasteiger partial charge is 0.456 e. The van der Waals surface area contributed by atoms with Gasteiger partial charge in [0.25, 0.3) is 0 Å². The van der Waals surface area contributed by atoms with Crippen LogP contribution in [-0.2, 0) is 0 Å². The predicted octanol–water partition coefficient (Wildman–Crippen LogP) is 11.2. The molecule has 0 radical (unpaired) electrons. The van der Waals surface area contributed by atoms with E-state index in [1.807, 2.05) is 18.2 Å². The van der Waals surface area contributed by atoms with Crippen LogP contribution < -0.4 is 20.7 Å². The van der Waals surface area contributed by atoms with Gasteiger partial charge in [0, 0.05) is 32.7 Å². The molecule has 0 aliphatic carbocycles. The lowest BCUT2D eigenvalue weighted by atomic mass is 9.95. The predicted molar refractivity (Wildman–Crippen MR) is 261 cm³/mol. The highest BCUT2D eigenvalue weighted by Crippen LogP contribution is 2.40. The summed E-state index contributed by atoms with van der Waals surface area (Å²) in [6.45, 7) is 0. The van der Waals surface area contributed by atoms with Crippen LogP contribution in [0.15, 0.2) is 235 Å². The van der Waals surface area contributed by atoms with E-state index in [1.54, 1.807) is 0 Å². The number of fused-ring (bicyclic) bond motifs is 6. The van der Waals surface area contributed by atoms with Gasteiger partial charge in [-0.15, -0.1) is 0 Å². The first-order chi connectivity index (χ1) is 31.3. The molecule has 0 saturated heterocycles. The molecule has 0 aliphatic heterocycles. The van der Waals surface area contributed by atoms with Crippen LogP contribution in [0.25, 0.3) is 83.6 Å². The summed E-state index contributed by atoms with van der Waals surface area (Å²) >= 11 is 0. The quantitative estimate of drug-likeness (QED) is 0.113. The van der Waals surface area contributed by atoms with E-state index in [0.717, 1.165) is 66.0 Å². The van der Waals surface area contributed by atoms with E-state index in [0.29, 0.717) is 17.6 Å². The minimum absolute atomic E-state index is 0.553. The summed E-state index contributed by atoms with van der Waals surface area (Å²) in [5.41, 5.74) is 7.64. The Bertz CT molecular complexity index is 3490. The van der Waals surface area contributed by atoms with Gasteiger partial charge in [0.05, 0.1) is 11.0 Å². The van der Waals surface area contributed by atoms with Crippen molar-refractivity contribution in [2.75, 3.05) is 0 Å². The van der Waals surface area contributed by atoms with Crippen molar-refractivity contribution in [1.29, 1.82) is 0 Å². The summed E-state index contributed by atoms with van der Waals surface area (Å²) in [7, 11) is -2.86. The molecule has 9 aromatic carbocycles. The van der Waals surface area contributed by atoms with Gasteiger partial charge in [0.1, 0.15) is 11.2 Å². The van der Waals surface area contributed by atoms with E-state index in [4.69, 9.17) is 19.4 Å². The van der Waals surface area contributed by atoms with Crippen LogP contribution in [0.3, 0.4) is 0 Å². The third kappa shape index (κ3) is 5.95. The highest BCUT2D eigenvalue weighted by Gasteiger charge is 2.41. The fourth-order valence-corrected chi connectivity index (χ4v) is 14.5. The van der Waals surface area contributed by atoms with Gasteiger partial charge in [0.15, 0.2) is 19.7 Å². The van der Waals surface area contributed by atoms with E-state index < -0.39 is 8.07 Å². The molecule has 0 aliphatic rings. The maximum absolute atomic E-state index is 6.38. The molecule has 0 amide bonds. The molecule has 0 fully saturated rings. The van der Waals surface area contributed by atoms with Gasteiger partial charge in [-0.1, -0.05) is 206 Å². The van der Waals surface area contributed by atoms with Crippen molar-refractivity contribution in [2.24, 2.45) is 0 Å². The zero-order valence-corrected chi connectivity index (χ0v) is 35.1. The smallest absolute Gasteiger partial charge is 0.238 e. The third-order valence-electron chi connectivity index (χ3n) is 12.4. The van der Waals surface area contributed by atoms with Crippen LogP contribution in [0, 0.1) is 0 Å². The minimum Gasteiger partial charge on any atom is -0.456 e. The van der Waals surface area contributed by atoms with E-state index >= 15 is 0 Å². The molecule has 5 nitrogen and oxygen atoms in total. The SMILES string of the molecule is c1ccc([Si](c2ccccc2)(c2ccccc2)c2cccc(-c3nc(-c4ccccc4-c4cccc5oc6ccccc6c45)nc(-n4c5ccccc5c5ccccc54)n3)c2)cc1. The summed E-state index contributed by atoms with van der Waals surface area (Å²) in [5, 5.41) is 9.56. The molecule has 12 aromatic rings. The Hall–Kier alpha value is -8.19. The number of benzene rings is 9. The molecular formula is C57H38N4OSi. The number of rotatable bonds is 8. The Balaban J connectivity index is 1.14. The Morgan fingerprint density at radius 3 is 1.48 bits per heavy atom. The van der Waals surface area contributed by atoms with Gasteiger partial charge in [-0.25, -0.2) is 4.98 Å². The molecule has 12 rings (SSSR count). The lowest BCUT2D eigenvalue weighted by Gasteiger charge is -2.34. The second kappa shape index (κ2) is 15.1. The van der Waals surface area contributed by atoms with Gasteiger partial charge in [-0.2, -0.15) is 9.97 Å². The Morgan fingerprint density at radius 2 is 0.825 bits per heavy atom. The van der Waals surface area contributed by atoms with Crippen LogP contribution in [0.5, 0.6) is 0 Å². The Morgan fingerprint density at radius 1 is 0.349 bits per heavy atom. The summed E-state index contributed by atoms with van der Waals surface area (Å²) in [4.78, 5) is 16.3. The van der Waals surface area contributed by atoms with Crippen LogP contribution in [0.4, 0.5) is 0 Å². The minimum atomic E-state index is -2.86. The molecule has 0 unspecified atom stereocenters. The van der Waals surface area contributed by atoms with Crippen molar-refractivity contribution in [3.8, 4) is 39.9 Å². The van der Waals surface area contributed by atoms with E-state index in [-0.39, 0.29) is 0 Å². The van der Waals surface area contributed by atoms with E-state index in [1.165, 1.54) is 20.7 Å². The molecule has 63 heavy (non-hydrogen) atoms. The molecule has 0 bridgehead atoms. The van der Waals surface area contributed by atoms with E-state index in [9.17, 15) is 0 Å². The Labute approximate surface area is 365 Å². The normalized spacial score (nSPS) is 11.8. The number of nitrogens with zero attached hydrogens (tertiary/aromatic N) is 4.